The molecule has 1 heterocycles. The normalized spacial score (nSPS) is 10.6. The molecular formula is C21H22ClFN4O2S. The van der Waals surface area contributed by atoms with Gasteiger partial charge in [-0.3, -0.25) is 4.68 Å². The van der Waals surface area contributed by atoms with E-state index in [-0.39, 0.29) is 12.4 Å². The minimum absolute atomic E-state index is 0.215. The molecule has 158 valence electrons. The lowest BCUT2D eigenvalue weighted by Crippen LogP contribution is -2.20. The van der Waals surface area contributed by atoms with E-state index in [4.69, 9.17) is 33.3 Å². The Labute approximate surface area is 184 Å². The summed E-state index contributed by atoms with van der Waals surface area (Å²) >= 11 is 11.6. The molecule has 0 unspecified atom stereocenters. The number of rotatable bonds is 6. The van der Waals surface area contributed by atoms with Crippen molar-refractivity contribution in [3.05, 3.63) is 64.2 Å². The van der Waals surface area contributed by atoms with Crippen LogP contribution in [0.15, 0.2) is 36.4 Å². The first-order chi connectivity index (χ1) is 14.3. The summed E-state index contributed by atoms with van der Waals surface area (Å²) < 4.78 is 26.4. The van der Waals surface area contributed by atoms with Crippen molar-refractivity contribution < 1.29 is 13.9 Å². The molecule has 0 saturated heterocycles. The monoisotopic (exact) mass is 448 g/mol. The van der Waals surface area contributed by atoms with E-state index in [1.807, 2.05) is 13.8 Å². The summed E-state index contributed by atoms with van der Waals surface area (Å²) in [5.74, 6) is 0.914. The standard InChI is InChI=1S/C21H22ClFN4O2S/c1-12-20(13(2)27(26-12)11-17-18(22)6-5-7-19(17)23)25-21(30)24-14-8-15(28-3)10-16(9-14)29-4/h5-10H,11H2,1-4H3,(H2,24,25,30). The van der Waals surface area contributed by atoms with Crippen LogP contribution in [-0.2, 0) is 6.54 Å². The van der Waals surface area contributed by atoms with Crippen molar-refractivity contribution in [2.45, 2.75) is 20.4 Å². The number of nitrogens with one attached hydrogen (secondary N) is 2. The zero-order valence-electron chi connectivity index (χ0n) is 17.0. The van der Waals surface area contributed by atoms with E-state index in [0.717, 1.165) is 17.1 Å². The topological polar surface area (TPSA) is 60.3 Å². The van der Waals surface area contributed by atoms with E-state index in [1.54, 1.807) is 49.2 Å². The van der Waals surface area contributed by atoms with Crippen molar-refractivity contribution >= 4 is 40.3 Å². The number of aryl methyl sites for hydroxylation is 1. The Hall–Kier alpha value is -2.84. The zero-order chi connectivity index (χ0) is 21.8. The van der Waals surface area contributed by atoms with Crippen molar-refractivity contribution in [1.29, 1.82) is 0 Å². The van der Waals surface area contributed by atoms with Crippen molar-refractivity contribution in [3.63, 3.8) is 0 Å². The molecule has 3 rings (SSSR count). The van der Waals surface area contributed by atoms with Gasteiger partial charge in [0.1, 0.15) is 17.3 Å². The highest BCUT2D eigenvalue weighted by molar-refractivity contribution is 7.80. The average molecular weight is 449 g/mol. The van der Waals surface area contributed by atoms with E-state index in [9.17, 15) is 4.39 Å². The van der Waals surface area contributed by atoms with Crippen LogP contribution in [0.25, 0.3) is 0 Å². The van der Waals surface area contributed by atoms with Gasteiger partial charge in [-0.15, -0.1) is 0 Å². The molecule has 30 heavy (non-hydrogen) atoms. The van der Waals surface area contributed by atoms with E-state index in [1.165, 1.54) is 6.07 Å². The summed E-state index contributed by atoms with van der Waals surface area (Å²) in [5.41, 5.74) is 3.38. The molecular weight excluding hydrogens is 427 g/mol. The Morgan fingerprint density at radius 1 is 1.13 bits per heavy atom. The molecule has 0 saturated carbocycles. The molecule has 2 aromatic carbocycles. The second-order valence-corrected chi connectivity index (χ2v) is 7.40. The number of methoxy groups -OCH3 is 2. The highest BCUT2D eigenvalue weighted by atomic mass is 35.5. The number of hydrogen-bond donors (Lipinski definition) is 2. The van der Waals surface area contributed by atoms with Crippen LogP contribution in [0.1, 0.15) is 17.0 Å². The number of thiocarbonyl (C=S) groups is 1. The summed E-state index contributed by atoms with van der Waals surface area (Å²) in [4.78, 5) is 0. The summed E-state index contributed by atoms with van der Waals surface area (Å²) in [6.07, 6.45) is 0. The van der Waals surface area contributed by atoms with Crippen LogP contribution in [0.4, 0.5) is 15.8 Å². The molecule has 0 aliphatic carbocycles. The molecule has 0 atom stereocenters. The summed E-state index contributed by atoms with van der Waals surface area (Å²) in [6.45, 7) is 3.95. The predicted molar refractivity (Wildman–Crippen MR) is 122 cm³/mol. The maximum Gasteiger partial charge on any atom is 0.175 e. The maximum atomic E-state index is 14.2. The maximum absolute atomic E-state index is 14.2. The molecule has 9 heteroatoms. The lowest BCUT2D eigenvalue weighted by molar-refractivity contribution is 0.395. The third kappa shape index (κ3) is 4.83. The smallest absolute Gasteiger partial charge is 0.175 e. The Kier molecular flexibility index (Phi) is 6.79. The van der Waals surface area contributed by atoms with Gasteiger partial charge in [0.2, 0.25) is 0 Å². The average Bonchev–Trinajstić information content (AvgIpc) is 2.97. The third-order valence-electron chi connectivity index (χ3n) is 4.60. The van der Waals surface area contributed by atoms with Crippen molar-refractivity contribution in [2.24, 2.45) is 0 Å². The molecule has 0 bridgehead atoms. The zero-order valence-corrected chi connectivity index (χ0v) is 18.6. The number of nitrogens with zero attached hydrogens (tertiary/aromatic N) is 2. The lowest BCUT2D eigenvalue weighted by Gasteiger charge is -2.13. The number of benzene rings is 2. The molecule has 0 aliphatic rings. The van der Waals surface area contributed by atoms with Crippen LogP contribution in [0.3, 0.4) is 0 Å². The molecule has 0 radical (unpaired) electrons. The van der Waals surface area contributed by atoms with Crippen molar-refractivity contribution in [3.8, 4) is 11.5 Å². The minimum atomic E-state index is -0.367. The van der Waals surface area contributed by atoms with Crippen LogP contribution >= 0.6 is 23.8 Å². The number of ether oxygens (including phenoxy) is 2. The summed E-state index contributed by atoms with van der Waals surface area (Å²) in [7, 11) is 3.16. The molecule has 0 fully saturated rings. The van der Waals surface area contributed by atoms with Gasteiger partial charge in [0.15, 0.2) is 5.11 Å². The first-order valence-electron chi connectivity index (χ1n) is 9.10. The second-order valence-electron chi connectivity index (χ2n) is 6.58. The van der Waals surface area contributed by atoms with E-state index >= 15 is 0 Å². The van der Waals surface area contributed by atoms with Crippen LogP contribution in [0, 0.1) is 19.7 Å². The number of hydrogen-bond acceptors (Lipinski definition) is 4. The van der Waals surface area contributed by atoms with Gasteiger partial charge in [0, 0.05) is 34.5 Å². The van der Waals surface area contributed by atoms with E-state index < -0.39 is 0 Å². The minimum Gasteiger partial charge on any atom is -0.497 e. The van der Waals surface area contributed by atoms with Crippen LogP contribution < -0.4 is 20.1 Å². The van der Waals surface area contributed by atoms with Gasteiger partial charge < -0.3 is 20.1 Å². The first-order valence-corrected chi connectivity index (χ1v) is 9.89. The molecule has 1 aromatic heterocycles. The molecule has 0 aliphatic heterocycles. The van der Waals surface area contributed by atoms with Gasteiger partial charge in [0.25, 0.3) is 0 Å². The number of halogens is 2. The second kappa shape index (κ2) is 9.32. The van der Waals surface area contributed by atoms with E-state index in [0.29, 0.717) is 32.9 Å². The fourth-order valence-electron chi connectivity index (χ4n) is 3.02. The predicted octanol–water partition coefficient (Wildman–Crippen LogP) is 5.17. The van der Waals surface area contributed by atoms with Crippen molar-refractivity contribution in [1.82, 2.24) is 9.78 Å². The Balaban J connectivity index is 1.78. The Morgan fingerprint density at radius 2 is 1.80 bits per heavy atom. The van der Waals surface area contributed by atoms with Crippen LogP contribution in [0.2, 0.25) is 5.02 Å². The van der Waals surface area contributed by atoms with Crippen LogP contribution in [0.5, 0.6) is 11.5 Å². The van der Waals surface area contributed by atoms with Gasteiger partial charge in [-0.25, -0.2) is 4.39 Å². The Bertz CT molecular complexity index is 1040. The van der Waals surface area contributed by atoms with Gasteiger partial charge in [-0.2, -0.15) is 5.10 Å². The molecule has 0 spiro atoms. The lowest BCUT2D eigenvalue weighted by atomic mass is 10.2. The van der Waals surface area contributed by atoms with Crippen molar-refractivity contribution in [2.75, 3.05) is 24.9 Å². The van der Waals surface area contributed by atoms with Gasteiger partial charge in [-0.1, -0.05) is 17.7 Å². The Morgan fingerprint density at radius 3 is 2.40 bits per heavy atom. The third-order valence-corrected chi connectivity index (χ3v) is 5.16. The first kappa shape index (κ1) is 21.9. The quantitative estimate of drug-likeness (QED) is 0.507. The SMILES string of the molecule is COc1cc(NC(=S)Nc2c(C)nn(Cc3c(F)cccc3Cl)c2C)cc(OC)c1. The molecule has 6 nitrogen and oxygen atoms in total. The molecule has 2 N–H and O–H groups in total. The summed E-state index contributed by atoms with van der Waals surface area (Å²) in [6, 6.07) is 10.0. The highest BCUT2D eigenvalue weighted by Crippen LogP contribution is 2.27. The highest BCUT2D eigenvalue weighted by Gasteiger charge is 2.16. The van der Waals surface area contributed by atoms with E-state index in [2.05, 4.69) is 15.7 Å². The number of anilines is 2. The summed E-state index contributed by atoms with van der Waals surface area (Å²) in [5, 5.41) is 11.5. The molecule has 0 amide bonds. The van der Waals surface area contributed by atoms with Gasteiger partial charge in [-0.05, 0) is 38.2 Å². The van der Waals surface area contributed by atoms with Gasteiger partial charge >= 0.3 is 0 Å². The fourth-order valence-corrected chi connectivity index (χ4v) is 3.46. The fraction of sp³-hybridized carbons (Fsp3) is 0.238. The number of aromatic nitrogens is 2. The van der Waals surface area contributed by atoms with Gasteiger partial charge in [0.05, 0.1) is 37.8 Å². The van der Waals surface area contributed by atoms with Crippen LogP contribution in [-0.4, -0.2) is 29.1 Å². The molecule has 3 aromatic rings. The largest absolute Gasteiger partial charge is 0.497 e.